The number of carboxylic acids is 1. The molecule has 0 atom stereocenters. The lowest BCUT2D eigenvalue weighted by Crippen LogP contribution is -2.30. The molecule has 0 aromatic heterocycles. The fraction of sp³-hybridized carbons (Fsp3) is 0.462. The lowest BCUT2D eigenvalue weighted by Gasteiger charge is -2.24. The standard InChI is InChI=1S/C13H18FNO2/c1-4-15(9(2)3)8-11-6-5-10(13(16)17)7-12(11)14/h5-7,9H,4,8H2,1-3H3,(H,16,17). The summed E-state index contributed by atoms with van der Waals surface area (Å²) in [4.78, 5) is 12.8. The predicted molar refractivity (Wildman–Crippen MR) is 64.6 cm³/mol. The van der Waals surface area contributed by atoms with Gasteiger partial charge < -0.3 is 5.11 Å². The largest absolute Gasteiger partial charge is 0.478 e. The molecule has 0 aliphatic rings. The predicted octanol–water partition coefficient (Wildman–Crippen LogP) is 2.75. The minimum atomic E-state index is -1.10. The molecule has 1 rings (SSSR count). The van der Waals surface area contributed by atoms with Crippen LogP contribution in [0.25, 0.3) is 0 Å². The number of aromatic carboxylic acids is 1. The number of hydrogen-bond donors (Lipinski definition) is 1. The second kappa shape index (κ2) is 5.77. The first kappa shape index (κ1) is 13.6. The maximum Gasteiger partial charge on any atom is 0.335 e. The number of hydrogen-bond acceptors (Lipinski definition) is 2. The van der Waals surface area contributed by atoms with Crippen molar-refractivity contribution in [3.63, 3.8) is 0 Å². The van der Waals surface area contributed by atoms with E-state index in [1.807, 2.05) is 20.8 Å². The zero-order valence-corrected chi connectivity index (χ0v) is 10.4. The summed E-state index contributed by atoms with van der Waals surface area (Å²) >= 11 is 0. The van der Waals surface area contributed by atoms with Gasteiger partial charge in [0.15, 0.2) is 0 Å². The van der Waals surface area contributed by atoms with Crippen molar-refractivity contribution < 1.29 is 14.3 Å². The van der Waals surface area contributed by atoms with E-state index >= 15 is 0 Å². The average molecular weight is 239 g/mol. The molecule has 17 heavy (non-hydrogen) atoms. The van der Waals surface area contributed by atoms with Crippen LogP contribution in [0.5, 0.6) is 0 Å². The van der Waals surface area contributed by atoms with Crippen molar-refractivity contribution in [2.24, 2.45) is 0 Å². The van der Waals surface area contributed by atoms with Gasteiger partial charge in [-0.25, -0.2) is 9.18 Å². The van der Waals surface area contributed by atoms with E-state index in [1.165, 1.54) is 6.07 Å². The summed E-state index contributed by atoms with van der Waals surface area (Å²) in [5.41, 5.74) is 0.518. The fourth-order valence-corrected chi connectivity index (χ4v) is 1.69. The zero-order chi connectivity index (χ0) is 13.0. The highest BCUT2D eigenvalue weighted by molar-refractivity contribution is 5.87. The Morgan fingerprint density at radius 1 is 1.47 bits per heavy atom. The van der Waals surface area contributed by atoms with E-state index in [9.17, 15) is 9.18 Å². The number of carbonyl (C=O) groups is 1. The first-order valence-corrected chi connectivity index (χ1v) is 5.71. The summed E-state index contributed by atoms with van der Waals surface area (Å²) < 4.78 is 13.7. The molecule has 0 bridgehead atoms. The first-order valence-electron chi connectivity index (χ1n) is 5.71. The molecule has 0 heterocycles. The zero-order valence-electron chi connectivity index (χ0n) is 10.4. The van der Waals surface area contributed by atoms with Gasteiger partial charge in [-0.2, -0.15) is 0 Å². The highest BCUT2D eigenvalue weighted by atomic mass is 19.1. The van der Waals surface area contributed by atoms with Gasteiger partial charge in [-0.1, -0.05) is 13.0 Å². The fourth-order valence-electron chi connectivity index (χ4n) is 1.69. The number of nitrogens with zero attached hydrogens (tertiary/aromatic N) is 1. The Morgan fingerprint density at radius 3 is 2.53 bits per heavy atom. The summed E-state index contributed by atoms with van der Waals surface area (Å²) in [5, 5.41) is 8.74. The van der Waals surface area contributed by atoms with Gasteiger partial charge in [0, 0.05) is 18.2 Å². The lowest BCUT2D eigenvalue weighted by molar-refractivity contribution is 0.0696. The SMILES string of the molecule is CCN(Cc1ccc(C(=O)O)cc1F)C(C)C. The summed E-state index contributed by atoms with van der Waals surface area (Å²) in [6.45, 7) is 7.45. The van der Waals surface area contributed by atoms with E-state index in [0.29, 0.717) is 18.2 Å². The molecule has 94 valence electrons. The molecule has 0 aliphatic carbocycles. The van der Waals surface area contributed by atoms with Crippen LogP contribution in [0, 0.1) is 5.82 Å². The smallest absolute Gasteiger partial charge is 0.335 e. The van der Waals surface area contributed by atoms with E-state index in [-0.39, 0.29) is 5.56 Å². The van der Waals surface area contributed by atoms with Crippen LogP contribution in [0.4, 0.5) is 4.39 Å². The van der Waals surface area contributed by atoms with Crippen LogP contribution >= 0.6 is 0 Å². The van der Waals surface area contributed by atoms with E-state index in [2.05, 4.69) is 4.90 Å². The quantitative estimate of drug-likeness (QED) is 0.859. The Balaban J connectivity index is 2.89. The van der Waals surface area contributed by atoms with Crippen molar-refractivity contribution >= 4 is 5.97 Å². The van der Waals surface area contributed by atoms with Crippen molar-refractivity contribution in [3.8, 4) is 0 Å². The Morgan fingerprint density at radius 2 is 2.12 bits per heavy atom. The van der Waals surface area contributed by atoms with Gasteiger partial charge in [0.1, 0.15) is 5.82 Å². The van der Waals surface area contributed by atoms with Gasteiger partial charge in [-0.15, -0.1) is 0 Å². The Labute approximate surface area is 101 Å². The van der Waals surface area contributed by atoms with Crippen LogP contribution in [0.1, 0.15) is 36.7 Å². The van der Waals surface area contributed by atoms with Crippen LogP contribution in [0.3, 0.4) is 0 Å². The van der Waals surface area contributed by atoms with Gasteiger partial charge >= 0.3 is 5.97 Å². The number of benzene rings is 1. The minimum absolute atomic E-state index is 0.0150. The average Bonchev–Trinajstić information content (AvgIpc) is 2.26. The third kappa shape index (κ3) is 3.53. The third-order valence-corrected chi connectivity index (χ3v) is 2.81. The minimum Gasteiger partial charge on any atom is -0.478 e. The molecule has 1 N–H and O–H groups in total. The summed E-state index contributed by atoms with van der Waals surface area (Å²) in [6.07, 6.45) is 0. The Bertz CT molecular complexity index is 404. The van der Waals surface area contributed by atoms with Crippen molar-refractivity contribution in [2.45, 2.75) is 33.4 Å². The molecule has 0 aliphatic heterocycles. The van der Waals surface area contributed by atoms with E-state index in [4.69, 9.17) is 5.11 Å². The van der Waals surface area contributed by atoms with Crippen LogP contribution < -0.4 is 0 Å². The van der Waals surface area contributed by atoms with Crippen LogP contribution in [0.2, 0.25) is 0 Å². The summed E-state index contributed by atoms with van der Waals surface area (Å²) in [6, 6.07) is 4.39. The molecule has 0 radical (unpaired) electrons. The number of rotatable bonds is 5. The third-order valence-electron chi connectivity index (χ3n) is 2.81. The molecular weight excluding hydrogens is 221 g/mol. The van der Waals surface area contributed by atoms with Gasteiger partial charge in [0.05, 0.1) is 5.56 Å². The van der Waals surface area contributed by atoms with Crippen molar-refractivity contribution in [2.75, 3.05) is 6.54 Å². The topological polar surface area (TPSA) is 40.5 Å². The maximum absolute atomic E-state index is 13.7. The van der Waals surface area contributed by atoms with E-state index in [1.54, 1.807) is 6.07 Å². The van der Waals surface area contributed by atoms with Gasteiger partial charge in [0.25, 0.3) is 0 Å². The normalized spacial score (nSPS) is 11.2. The van der Waals surface area contributed by atoms with Crippen LogP contribution in [-0.2, 0) is 6.54 Å². The van der Waals surface area contributed by atoms with Crippen molar-refractivity contribution in [1.82, 2.24) is 4.90 Å². The summed E-state index contributed by atoms with van der Waals surface area (Å²) in [5.74, 6) is -1.56. The molecule has 0 unspecified atom stereocenters. The Hall–Kier alpha value is -1.42. The van der Waals surface area contributed by atoms with Gasteiger partial charge in [-0.05, 0) is 32.5 Å². The molecule has 0 fully saturated rings. The molecule has 0 amide bonds. The molecule has 1 aromatic carbocycles. The highest BCUT2D eigenvalue weighted by Gasteiger charge is 2.12. The maximum atomic E-state index is 13.7. The monoisotopic (exact) mass is 239 g/mol. The molecule has 0 saturated heterocycles. The van der Waals surface area contributed by atoms with E-state index in [0.717, 1.165) is 12.6 Å². The van der Waals surface area contributed by atoms with E-state index < -0.39 is 11.8 Å². The van der Waals surface area contributed by atoms with Gasteiger partial charge in [0.2, 0.25) is 0 Å². The Kier molecular flexibility index (Phi) is 4.63. The molecule has 0 saturated carbocycles. The van der Waals surface area contributed by atoms with Crippen molar-refractivity contribution in [1.29, 1.82) is 0 Å². The number of carboxylic acid groups (broad SMARTS) is 1. The highest BCUT2D eigenvalue weighted by Crippen LogP contribution is 2.14. The van der Waals surface area contributed by atoms with Crippen molar-refractivity contribution in [3.05, 3.63) is 35.1 Å². The molecule has 0 spiro atoms. The second-order valence-electron chi connectivity index (χ2n) is 4.27. The molecule has 4 heteroatoms. The first-order chi connectivity index (χ1) is 7.95. The second-order valence-corrected chi connectivity index (χ2v) is 4.27. The summed E-state index contributed by atoms with van der Waals surface area (Å²) in [7, 11) is 0. The van der Waals surface area contributed by atoms with Crippen LogP contribution in [0.15, 0.2) is 18.2 Å². The molecular formula is C13H18FNO2. The molecule has 1 aromatic rings. The number of halogens is 1. The lowest BCUT2D eigenvalue weighted by atomic mass is 10.1. The van der Waals surface area contributed by atoms with Gasteiger partial charge in [-0.3, -0.25) is 4.90 Å². The van der Waals surface area contributed by atoms with Crippen LogP contribution in [-0.4, -0.2) is 28.6 Å². The molecule has 3 nitrogen and oxygen atoms in total.